The van der Waals surface area contributed by atoms with E-state index < -0.39 is 53.4 Å². The topological polar surface area (TPSA) is 211 Å². The zero-order valence-corrected chi connectivity index (χ0v) is 32.8. The molecule has 1 aromatic heterocycles. The molecule has 300 valence electrons. The van der Waals surface area contributed by atoms with Gasteiger partial charge in [0.05, 0.1) is 35.6 Å². The van der Waals surface area contributed by atoms with E-state index in [4.69, 9.17) is 11.5 Å². The molecule has 5 amide bonds. The van der Waals surface area contributed by atoms with E-state index in [1.807, 2.05) is 20.8 Å². The number of hydrogen-bond acceptors (Lipinski definition) is 8. The summed E-state index contributed by atoms with van der Waals surface area (Å²) in [6.45, 7) is 10.2. The first-order valence-electron chi connectivity index (χ1n) is 18.5. The molecular formula is C42H48F2N8O5. The van der Waals surface area contributed by atoms with Crippen molar-refractivity contribution in [1.82, 2.24) is 25.9 Å². The largest absolute Gasteiger partial charge is 0.368 e. The van der Waals surface area contributed by atoms with Crippen molar-refractivity contribution < 1.29 is 32.8 Å². The summed E-state index contributed by atoms with van der Waals surface area (Å²) >= 11 is 0. The Hall–Kier alpha value is -6.09. The van der Waals surface area contributed by atoms with Gasteiger partial charge in [-0.25, -0.2) is 9.97 Å². The number of nitrogens with zero attached hydrogens (tertiary/aromatic N) is 2. The van der Waals surface area contributed by atoms with Crippen LogP contribution in [0.1, 0.15) is 82.6 Å². The van der Waals surface area contributed by atoms with Gasteiger partial charge in [-0.3, -0.25) is 24.0 Å². The number of halogens is 2. The highest BCUT2D eigenvalue weighted by atomic mass is 19.3. The molecule has 0 spiro atoms. The van der Waals surface area contributed by atoms with Gasteiger partial charge in [-0.1, -0.05) is 75.4 Å². The molecule has 15 heteroatoms. The van der Waals surface area contributed by atoms with E-state index in [0.717, 1.165) is 5.56 Å². The number of primary amides is 1. The van der Waals surface area contributed by atoms with Crippen LogP contribution >= 0.6 is 0 Å². The molecule has 0 aliphatic carbocycles. The first-order valence-corrected chi connectivity index (χ1v) is 18.5. The van der Waals surface area contributed by atoms with Crippen molar-refractivity contribution in [2.45, 2.75) is 84.2 Å². The van der Waals surface area contributed by atoms with Crippen LogP contribution in [0.2, 0.25) is 0 Å². The molecule has 0 saturated heterocycles. The predicted octanol–water partition coefficient (Wildman–Crippen LogP) is 3.78. The average molecular weight is 783 g/mol. The van der Waals surface area contributed by atoms with Gasteiger partial charge in [-0.05, 0) is 73.0 Å². The quantitative estimate of drug-likeness (QED) is 0.147. The van der Waals surface area contributed by atoms with Gasteiger partial charge < -0.3 is 32.7 Å². The fourth-order valence-corrected chi connectivity index (χ4v) is 6.72. The van der Waals surface area contributed by atoms with Gasteiger partial charge in [0.15, 0.2) is 0 Å². The number of amides is 5. The minimum atomic E-state index is -3.55. The molecule has 1 unspecified atom stereocenters. The van der Waals surface area contributed by atoms with Crippen LogP contribution in [0.5, 0.6) is 0 Å². The van der Waals surface area contributed by atoms with Crippen molar-refractivity contribution in [3.63, 3.8) is 0 Å². The maximum absolute atomic E-state index is 15.7. The second-order valence-corrected chi connectivity index (χ2v) is 15.3. The van der Waals surface area contributed by atoms with Gasteiger partial charge in [-0.15, -0.1) is 0 Å². The van der Waals surface area contributed by atoms with Crippen molar-refractivity contribution in [1.29, 1.82) is 0 Å². The van der Waals surface area contributed by atoms with E-state index in [9.17, 15) is 24.0 Å². The van der Waals surface area contributed by atoms with Gasteiger partial charge in [0.1, 0.15) is 12.1 Å². The molecule has 13 nitrogen and oxygen atoms in total. The van der Waals surface area contributed by atoms with Crippen molar-refractivity contribution in [3.8, 4) is 11.1 Å². The normalized spacial score (nSPS) is 15.4. The summed E-state index contributed by atoms with van der Waals surface area (Å²) in [6, 6.07) is 14.3. The molecule has 1 aliphatic rings. The Labute approximate surface area is 329 Å². The number of benzene rings is 3. The fourth-order valence-electron chi connectivity index (χ4n) is 6.72. The summed E-state index contributed by atoms with van der Waals surface area (Å²) in [5.41, 5.74) is 15.2. The fraction of sp³-hybridized carbons (Fsp3) is 0.357. The van der Waals surface area contributed by atoms with Crippen LogP contribution in [0.15, 0.2) is 60.7 Å². The maximum Gasteiger partial charge on any atom is 0.331 e. The highest BCUT2D eigenvalue weighted by Gasteiger charge is 2.39. The Kier molecular flexibility index (Phi) is 12.5. The number of nitrogens with one attached hydrogen (secondary N) is 4. The molecule has 8 N–H and O–H groups in total. The molecule has 5 rings (SSSR count). The Morgan fingerprint density at radius 3 is 2.18 bits per heavy atom. The van der Waals surface area contributed by atoms with Crippen LogP contribution in [-0.2, 0) is 43.4 Å². The molecule has 4 bridgehead atoms. The lowest BCUT2D eigenvalue weighted by Gasteiger charge is -2.23. The van der Waals surface area contributed by atoms with E-state index in [0.29, 0.717) is 33.5 Å². The molecule has 0 radical (unpaired) electrons. The molecule has 1 aliphatic heterocycles. The molecule has 0 fully saturated rings. The summed E-state index contributed by atoms with van der Waals surface area (Å²) in [5, 5.41) is 10.7. The lowest BCUT2D eigenvalue weighted by Crippen LogP contribution is -2.49. The monoisotopic (exact) mass is 782 g/mol. The van der Waals surface area contributed by atoms with Crippen molar-refractivity contribution in [2.75, 3.05) is 18.4 Å². The lowest BCUT2D eigenvalue weighted by molar-refractivity contribution is -0.128. The second kappa shape index (κ2) is 17.0. The van der Waals surface area contributed by atoms with E-state index in [-0.39, 0.29) is 60.3 Å². The Morgan fingerprint density at radius 2 is 1.56 bits per heavy atom. The third-order valence-corrected chi connectivity index (χ3v) is 9.78. The lowest BCUT2D eigenvalue weighted by atomic mass is 9.86. The number of aryl methyl sites for hydroxylation is 3. The Morgan fingerprint density at radius 1 is 0.912 bits per heavy atom. The van der Waals surface area contributed by atoms with Crippen LogP contribution < -0.4 is 32.7 Å². The number of carbonyl (C=O) groups is 5. The summed E-state index contributed by atoms with van der Waals surface area (Å²) < 4.78 is 31.5. The number of hydrogen-bond donors (Lipinski definition) is 6. The Balaban J connectivity index is 1.45. The maximum atomic E-state index is 15.7. The van der Waals surface area contributed by atoms with Gasteiger partial charge in [0.2, 0.25) is 29.5 Å². The van der Waals surface area contributed by atoms with Crippen LogP contribution in [0.4, 0.5) is 14.5 Å². The molecular weight excluding hydrogens is 735 g/mol. The number of anilines is 1. The van der Waals surface area contributed by atoms with Crippen LogP contribution in [-0.4, -0.2) is 64.7 Å². The number of fused-ring (bicyclic) bond motifs is 5. The van der Waals surface area contributed by atoms with Crippen molar-refractivity contribution in [3.05, 3.63) is 111 Å². The summed E-state index contributed by atoms with van der Waals surface area (Å²) in [6.07, 6.45) is 0.00293. The second-order valence-electron chi connectivity index (χ2n) is 15.3. The standard InChI is InChI=1S/C42H48F2N8O5/c1-22-16-26-18-30(27-9-7-8-25(17-27)20-33(53)47-21-34(54)50-32(19-26)37(46)55)36(22)52-38(56)31(14-15-45)51-39(57)35-23(2)48-40(49-24(35)3)42(43,44)29-12-10-28(11-13-29)41(4,5)6/h7-13,16-18,31-32H,14-15,19-21,45H2,1-6H3,(H2,46,55)(H,47,53)(H,50,54)(H,51,57)(H,52,56)/t31-,32?/m0/s1. The third-order valence-electron chi connectivity index (χ3n) is 9.78. The molecule has 4 aromatic rings. The zero-order valence-electron chi connectivity index (χ0n) is 32.8. The summed E-state index contributed by atoms with van der Waals surface area (Å²) in [4.78, 5) is 73.5. The van der Waals surface area contributed by atoms with Crippen LogP contribution in [0.3, 0.4) is 0 Å². The van der Waals surface area contributed by atoms with E-state index in [1.54, 1.807) is 55.5 Å². The highest BCUT2D eigenvalue weighted by Crippen LogP contribution is 2.36. The first-order chi connectivity index (χ1) is 26.8. The van der Waals surface area contributed by atoms with E-state index >= 15 is 8.78 Å². The predicted molar refractivity (Wildman–Crippen MR) is 211 cm³/mol. The molecule has 2 heterocycles. The smallest absolute Gasteiger partial charge is 0.331 e. The number of aromatic nitrogens is 2. The summed E-state index contributed by atoms with van der Waals surface area (Å²) in [5.74, 6) is -7.45. The van der Waals surface area contributed by atoms with E-state index in [1.165, 1.54) is 26.0 Å². The molecule has 57 heavy (non-hydrogen) atoms. The molecule has 2 atom stereocenters. The number of nitrogens with two attached hydrogens (primary N) is 2. The average Bonchev–Trinajstić information content (AvgIpc) is 3.13. The minimum Gasteiger partial charge on any atom is -0.368 e. The van der Waals surface area contributed by atoms with Gasteiger partial charge in [-0.2, -0.15) is 8.78 Å². The number of alkyl halides is 2. The Bertz CT molecular complexity index is 2200. The zero-order chi connectivity index (χ0) is 41.8. The van der Waals surface area contributed by atoms with Crippen LogP contribution in [0.25, 0.3) is 11.1 Å². The summed E-state index contributed by atoms with van der Waals surface area (Å²) in [7, 11) is 0. The minimum absolute atomic E-state index is 0.000271. The first kappa shape index (κ1) is 42.1. The third kappa shape index (κ3) is 9.84. The van der Waals surface area contributed by atoms with Crippen molar-refractivity contribution in [2.24, 2.45) is 11.5 Å². The van der Waals surface area contributed by atoms with E-state index in [2.05, 4.69) is 31.2 Å². The number of carbonyl (C=O) groups excluding carboxylic acids is 5. The number of rotatable bonds is 9. The van der Waals surface area contributed by atoms with Gasteiger partial charge in [0.25, 0.3) is 5.91 Å². The molecule has 3 aromatic carbocycles. The molecule has 0 saturated carbocycles. The van der Waals surface area contributed by atoms with Gasteiger partial charge in [0, 0.05) is 17.5 Å². The van der Waals surface area contributed by atoms with Crippen LogP contribution in [0, 0.1) is 20.8 Å². The SMILES string of the molecule is Cc1cc2cc(c1NC(=O)[C@H](CCN)NC(=O)c1c(C)nc(C(F)(F)c3ccc(C(C)(C)C)cc3)nc1C)-c1cccc(c1)CC(=O)NCC(=O)NC(C(N)=O)C2. The van der Waals surface area contributed by atoms with Gasteiger partial charge >= 0.3 is 5.92 Å². The highest BCUT2D eigenvalue weighted by molar-refractivity contribution is 6.04. The van der Waals surface area contributed by atoms with Crippen molar-refractivity contribution >= 4 is 35.2 Å².